The molecule has 0 bridgehead atoms. The van der Waals surface area contributed by atoms with Gasteiger partial charge in [0.15, 0.2) is 0 Å². The molecule has 0 N–H and O–H groups in total. The monoisotopic (exact) mass is 694 g/mol. The van der Waals surface area contributed by atoms with Crippen molar-refractivity contribution in [3.63, 3.8) is 0 Å². The Hall–Kier alpha value is -6.68. The van der Waals surface area contributed by atoms with Crippen LogP contribution in [0.4, 0.5) is 17.1 Å². The van der Waals surface area contributed by atoms with Crippen LogP contribution in [0, 0.1) is 0 Å². The van der Waals surface area contributed by atoms with Crippen LogP contribution in [0.15, 0.2) is 206 Å². The van der Waals surface area contributed by atoms with E-state index >= 15 is 0 Å². The highest BCUT2D eigenvalue weighted by Crippen LogP contribution is 2.43. The molecular weight excluding hydrogens is 661 g/mol. The normalized spacial score (nSPS) is 11.4. The molecule has 0 aliphatic heterocycles. The van der Waals surface area contributed by atoms with E-state index in [4.69, 9.17) is 0 Å². The molecule has 2 nitrogen and oxygen atoms in total. The molecule has 53 heavy (non-hydrogen) atoms. The van der Waals surface area contributed by atoms with E-state index in [1.807, 2.05) is 11.3 Å². The van der Waals surface area contributed by atoms with Crippen LogP contribution in [-0.4, -0.2) is 4.57 Å². The lowest BCUT2D eigenvalue weighted by molar-refractivity contribution is 1.19. The van der Waals surface area contributed by atoms with Crippen LogP contribution in [-0.2, 0) is 0 Å². The van der Waals surface area contributed by atoms with Gasteiger partial charge >= 0.3 is 0 Å². The summed E-state index contributed by atoms with van der Waals surface area (Å²) in [5.41, 5.74) is 14.2. The molecule has 3 heteroatoms. The van der Waals surface area contributed by atoms with Gasteiger partial charge < -0.3 is 9.47 Å². The van der Waals surface area contributed by atoms with E-state index in [0.717, 1.165) is 17.1 Å². The number of nitrogens with zero attached hydrogens (tertiary/aromatic N) is 2. The Kier molecular flexibility index (Phi) is 7.71. The highest BCUT2D eigenvalue weighted by atomic mass is 32.1. The lowest BCUT2D eigenvalue weighted by Crippen LogP contribution is -2.09. The molecule has 10 aromatic rings. The smallest absolute Gasteiger partial charge is 0.0727 e. The van der Waals surface area contributed by atoms with E-state index in [2.05, 4.69) is 216 Å². The number of aromatic nitrogens is 1. The fourth-order valence-corrected chi connectivity index (χ4v) is 8.83. The van der Waals surface area contributed by atoms with Gasteiger partial charge in [-0.05, 0) is 94.0 Å². The number of para-hydroxylation sites is 1. The van der Waals surface area contributed by atoms with Crippen molar-refractivity contribution in [3.05, 3.63) is 206 Å². The average Bonchev–Trinajstić information content (AvgIpc) is 3.77. The Balaban J connectivity index is 1.00. The molecule has 0 amide bonds. The third-order valence-electron chi connectivity index (χ3n) is 10.2. The number of benzene rings is 8. The molecule has 2 heterocycles. The molecule has 0 aliphatic carbocycles. The molecule has 0 atom stereocenters. The maximum absolute atomic E-state index is 2.43. The Labute approximate surface area is 313 Å². The Bertz CT molecular complexity index is 2740. The number of anilines is 3. The van der Waals surface area contributed by atoms with Crippen LogP contribution in [0.5, 0.6) is 0 Å². The minimum Gasteiger partial charge on any atom is -0.311 e. The molecule has 10 rings (SSSR count). The van der Waals surface area contributed by atoms with Crippen molar-refractivity contribution in [2.45, 2.75) is 0 Å². The summed E-state index contributed by atoms with van der Waals surface area (Å²) in [6.07, 6.45) is 0. The zero-order chi connectivity index (χ0) is 35.1. The number of thiophene rings is 1. The highest BCUT2D eigenvalue weighted by molar-refractivity contribution is 7.26. The first-order valence-corrected chi connectivity index (χ1v) is 18.8. The number of hydrogen-bond donors (Lipinski definition) is 0. The van der Waals surface area contributed by atoms with E-state index in [9.17, 15) is 0 Å². The van der Waals surface area contributed by atoms with Crippen LogP contribution in [0.3, 0.4) is 0 Å². The summed E-state index contributed by atoms with van der Waals surface area (Å²) < 4.78 is 5.10. The second kappa shape index (κ2) is 13.1. The minimum atomic E-state index is 1.11. The fraction of sp³-hybridized carbons (Fsp3) is 0. The summed E-state index contributed by atoms with van der Waals surface area (Å²) in [7, 11) is 0. The van der Waals surface area contributed by atoms with Crippen molar-refractivity contribution in [1.29, 1.82) is 0 Å². The van der Waals surface area contributed by atoms with E-state index in [0.29, 0.717) is 0 Å². The predicted molar refractivity (Wildman–Crippen MR) is 227 cm³/mol. The van der Waals surface area contributed by atoms with Crippen LogP contribution in [0.2, 0.25) is 0 Å². The summed E-state index contributed by atoms with van der Waals surface area (Å²) in [4.78, 5) is 2.34. The number of hydrogen-bond acceptors (Lipinski definition) is 2. The SMILES string of the molecule is c1ccc(-c2ccc(N(c3ccc(-c4ccccc4)cc3)c3ccc(-c4ccc(-n5c6ccccc6c6sc7ccccc7c65)cc4)cc3)cc2)cc1. The third kappa shape index (κ3) is 5.59. The fourth-order valence-electron chi connectivity index (χ4n) is 7.61. The first kappa shape index (κ1) is 31.1. The number of fused-ring (bicyclic) bond motifs is 5. The maximum Gasteiger partial charge on any atom is 0.0727 e. The lowest BCUT2D eigenvalue weighted by atomic mass is 10.0. The molecule has 250 valence electrons. The Morgan fingerprint density at radius 2 is 0.736 bits per heavy atom. The van der Waals surface area contributed by atoms with Gasteiger partial charge in [0.25, 0.3) is 0 Å². The van der Waals surface area contributed by atoms with E-state index in [-0.39, 0.29) is 0 Å². The first-order chi connectivity index (χ1) is 26.3. The van der Waals surface area contributed by atoms with Crippen molar-refractivity contribution in [2.24, 2.45) is 0 Å². The molecule has 2 aromatic heterocycles. The second-order valence-electron chi connectivity index (χ2n) is 13.4. The van der Waals surface area contributed by atoms with E-state index < -0.39 is 0 Å². The second-order valence-corrected chi connectivity index (χ2v) is 14.4. The average molecular weight is 695 g/mol. The van der Waals surface area contributed by atoms with E-state index in [1.54, 1.807) is 0 Å². The summed E-state index contributed by atoms with van der Waals surface area (Å²) >= 11 is 1.88. The van der Waals surface area contributed by atoms with Crippen molar-refractivity contribution < 1.29 is 0 Å². The van der Waals surface area contributed by atoms with Crippen LogP contribution in [0.1, 0.15) is 0 Å². The standard InChI is InChI=1S/C50H34N2S/c1-3-11-35(12-4-1)37-19-27-41(28-20-37)51(42-29-21-38(22-30-42)36-13-5-2-6-14-36)43-31-23-39(24-32-43)40-25-33-44(34-26-40)52-47-17-9-7-15-45(47)50-49(52)46-16-8-10-18-48(46)53-50/h1-34H. The molecule has 0 unspecified atom stereocenters. The lowest BCUT2D eigenvalue weighted by Gasteiger charge is -2.26. The van der Waals surface area contributed by atoms with Gasteiger partial charge in [-0.1, -0.05) is 146 Å². The van der Waals surface area contributed by atoms with Crippen molar-refractivity contribution in [1.82, 2.24) is 4.57 Å². The molecule has 0 fully saturated rings. The maximum atomic E-state index is 2.43. The number of rotatable bonds is 7. The molecule has 0 saturated heterocycles. The highest BCUT2D eigenvalue weighted by Gasteiger charge is 2.18. The van der Waals surface area contributed by atoms with Crippen LogP contribution >= 0.6 is 11.3 Å². The van der Waals surface area contributed by atoms with Gasteiger partial charge in [-0.25, -0.2) is 0 Å². The molecule has 8 aromatic carbocycles. The van der Waals surface area contributed by atoms with Gasteiger partial charge in [0.1, 0.15) is 0 Å². The zero-order valence-electron chi connectivity index (χ0n) is 28.9. The molecule has 0 radical (unpaired) electrons. The minimum absolute atomic E-state index is 1.11. The topological polar surface area (TPSA) is 8.17 Å². The molecule has 0 aliphatic rings. The van der Waals surface area contributed by atoms with Crippen LogP contribution in [0.25, 0.3) is 70.3 Å². The van der Waals surface area contributed by atoms with Gasteiger partial charge in [0.2, 0.25) is 0 Å². The van der Waals surface area contributed by atoms with Gasteiger partial charge in [0.05, 0.1) is 15.7 Å². The first-order valence-electron chi connectivity index (χ1n) is 18.0. The zero-order valence-corrected chi connectivity index (χ0v) is 29.7. The molecule has 0 saturated carbocycles. The summed E-state index contributed by atoms with van der Waals surface area (Å²) in [6, 6.07) is 74.3. The Morgan fingerprint density at radius 3 is 1.25 bits per heavy atom. The van der Waals surface area contributed by atoms with Crippen molar-refractivity contribution in [3.8, 4) is 39.1 Å². The predicted octanol–water partition coefficient (Wildman–Crippen LogP) is 14.5. The molecular formula is C50H34N2S. The van der Waals surface area contributed by atoms with Gasteiger partial charge in [-0.15, -0.1) is 11.3 Å². The summed E-state index contributed by atoms with van der Waals surface area (Å²) in [5, 5.41) is 2.61. The summed E-state index contributed by atoms with van der Waals surface area (Å²) in [6.45, 7) is 0. The van der Waals surface area contributed by atoms with Gasteiger partial charge in [0, 0.05) is 38.2 Å². The van der Waals surface area contributed by atoms with Crippen molar-refractivity contribution in [2.75, 3.05) is 4.90 Å². The Morgan fingerprint density at radius 1 is 0.340 bits per heavy atom. The van der Waals surface area contributed by atoms with Crippen LogP contribution < -0.4 is 4.90 Å². The van der Waals surface area contributed by atoms with E-state index in [1.165, 1.54) is 70.3 Å². The largest absolute Gasteiger partial charge is 0.311 e. The quantitative estimate of drug-likeness (QED) is 0.161. The van der Waals surface area contributed by atoms with Gasteiger partial charge in [-0.3, -0.25) is 0 Å². The van der Waals surface area contributed by atoms with Crippen molar-refractivity contribution >= 4 is 59.6 Å². The third-order valence-corrected chi connectivity index (χ3v) is 11.4. The van der Waals surface area contributed by atoms with Gasteiger partial charge in [-0.2, -0.15) is 0 Å². The molecule has 0 spiro atoms. The summed E-state index contributed by atoms with van der Waals surface area (Å²) in [5.74, 6) is 0.